The maximum atomic E-state index is 4.77. The minimum atomic E-state index is 0.876. The molecule has 0 aliphatic carbocycles. The lowest BCUT2D eigenvalue weighted by Crippen LogP contribution is -1.91. The molecule has 4 aromatic heterocycles. The van der Waals surface area contributed by atoms with Crippen molar-refractivity contribution < 1.29 is 0 Å². The first-order chi connectivity index (χ1) is 21.8. The van der Waals surface area contributed by atoms with E-state index in [4.69, 9.17) is 4.98 Å². The number of hydrogen-bond donors (Lipinski definition) is 0. The summed E-state index contributed by atoms with van der Waals surface area (Å²) in [6.07, 6.45) is 7.31. The molecular formula is C40H28N4. The van der Waals surface area contributed by atoms with Gasteiger partial charge in [-0.15, -0.1) is 0 Å². The molecule has 44 heavy (non-hydrogen) atoms. The monoisotopic (exact) mass is 564 g/mol. The van der Waals surface area contributed by atoms with E-state index in [1.165, 1.54) is 38.2 Å². The van der Waals surface area contributed by atoms with E-state index in [1.807, 2.05) is 60.8 Å². The maximum Gasteiger partial charge on any atom is 0.0886 e. The van der Waals surface area contributed by atoms with E-state index in [-0.39, 0.29) is 0 Å². The molecule has 0 amide bonds. The Labute approximate surface area is 256 Å². The summed E-state index contributed by atoms with van der Waals surface area (Å²) in [6, 6.07) is 49.9. The fraction of sp³-hybridized carbons (Fsp3) is 0. The summed E-state index contributed by atoms with van der Waals surface area (Å²) in [7, 11) is 0. The SMILES string of the molecule is c1ccc(-c2ccc3cc4ccccc4cc3c2-c2ccc(-c3ccccn3)nc2)cc1.c1ccc(-c2ccccn2)nc1. The average Bonchev–Trinajstić information content (AvgIpc) is 3.12. The van der Waals surface area contributed by atoms with E-state index < -0.39 is 0 Å². The first-order valence-corrected chi connectivity index (χ1v) is 14.5. The number of hydrogen-bond acceptors (Lipinski definition) is 4. The molecule has 0 unspecified atom stereocenters. The number of pyridine rings is 4. The zero-order valence-corrected chi connectivity index (χ0v) is 24.0. The zero-order chi connectivity index (χ0) is 29.6. The molecule has 0 atom stereocenters. The predicted octanol–water partition coefficient (Wildman–Crippen LogP) is 9.93. The Kier molecular flexibility index (Phi) is 7.62. The van der Waals surface area contributed by atoms with Crippen LogP contribution in [0.15, 0.2) is 170 Å². The van der Waals surface area contributed by atoms with Crippen LogP contribution in [0.1, 0.15) is 0 Å². The van der Waals surface area contributed by atoms with Gasteiger partial charge in [-0.25, -0.2) is 0 Å². The molecule has 0 fully saturated rings. The maximum absolute atomic E-state index is 4.77. The van der Waals surface area contributed by atoms with Gasteiger partial charge in [0.2, 0.25) is 0 Å². The molecule has 0 N–H and O–H groups in total. The Morgan fingerprint density at radius 3 is 1.43 bits per heavy atom. The predicted molar refractivity (Wildman–Crippen MR) is 181 cm³/mol. The van der Waals surface area contributed by atoms with Crippen molar-refractivity contribution in [1.82, 2.24) is 19.9 Å². The summed E-state index contributed by atoms with van der Waals surface area (Å²) in [4.78, 5) is 17.6. The fourth-order valence-electron chi connectivity index (χ4n) is 5.42. The highest BCUT2D eigenvalue weighted by molar-refractivity contribution is 6.09. The highest BCUT2D eigenvalue weighted by Gasteiger charge is 2.14. The third-order valence-electron chi connectivity index (χ3n) is 7.54. The second-order valence-electron chi connectivity index (χ2n) is 10.4. The molecule has 0 spiro atoms. The molecule has 0 bridgehead atoms. The largest absolute Gasteiger partial charge is 0.255 e. The standard InChI is InChI=1S/C30H20N2.C10H8N2/c1-2-8-21(9-3-1)26-15-13-24-18-22-10-4-5-11-23(22)19-27(24)30(26)25-14-16-29(32-20-25)28-12-6-7-17-31-28;1-3-7-11-9(5-1)10-6-2-4-8-12-10/h1-20H;1-8H. The molecule has 8 rings (SSSR count). The molecule has 4 nitrogen and oxygen atoms in total. The van der Waals surface area contributed by atoms with E-state index >= 15 is 0 Å². The quantitative estimate of drug-likeness (QED) is 0.200. The van der Waals surface area contributed by atoms with Crippen molar-refractivity contribution in [3.05, 3.63) is 170 Å². The van der Waals surface area contributed by atoms with Gasteiger partial charge in [0, 0.05) is 30.4 Å². The highest BCUT2D eigenvalue weighted by Crippen LogP contribution is 2.39. The van der Waals surface area contributed by atoms with Crippen LogP contribution in [-0.2, 0) is 0 Å². The number of benzene rings is 4. The van der Waals surface area contributed by atoms with Gasteiger partial charge in [-0.05, 0) is 92.8 Å². The Morgan fingerprint density at radius 1 is 0.341 bits per heavy atom. The van der Waals surface area contributed by atoms with Crippen LogP contribution in [0.5, 0.6) is 0 Å². The van der Waals surface area contributed by atoms with Crippen LogP contribution in [0.3, 0.4) is 0 Å². The molecule has 0 aliphatic heterocycles. The van der Waals surface area contributed by atoms with Gasteiger partial charge in [0.15, 0.2) is 0 Å². The number of fused-ring (bicyclic) bond motifs is 2. The lowest BCUT2D eigenvalue weighted by molar-refractivity contribution is 1.25. The van der Waals surface area contributed by atoms with Crippen molar-refractivity contribution in [2.75, 3.05) is 0 Å². The molecule has 0 saturated carbocycles. The van der Waals surface area contributed by atoms with E-state index in [2.05, 4.69) is 106 Å². The summed E-state index contributed by atoms with van der Waals surface area (Å²) >= 11 is 0. The lowest BCUT2D eigenvalue weighted by Gasteiger charge is -2.15. The molecule has 4 heterocycles. The number of nitrogens with zero attached hydrogens (tertiary/aromatic N) is 4. The van der Waals surface area contributed by atoms with Crippen LogP contribution in [0, 0.1) is 0 Å². The minimum absolute atomic E-state index is 0.876. The molecule has 8 aromatic rings. The van der Waals surface area contributed by atoms with Gasteiger partial charge in [0.05, 0.1) is 22.8 Å². The number of aromatic nitrogens is 4. The van der Waals surface area contributed by atoms with Crippen LogP contribution in [0.2, 0.25) is 0 Å². The molecular weight excluding hydrogens is 536 g/mol. The second-order valence-corrected chi connectivity index (χ2v) is 10.4. The normalized spacial score (nSPS) is 10.7. The van der Waals surface area contributed by atoms with Crippen molar-refractivity contribution in [2.24, 2.45) is 0 Å². The van der Waals surface area contributed by atoms with Gasteiger partial charge in [-0.2, -0.15) is 0 Å². The highest BCUT2D eigenvalue weighted by atomic mass is 14.8. The van der Waals surface area contributed by atoms with Gasteiger partial charge in [0.25, 0.3) is 0 Å². The topological polar surface area (TPSA) is 51.6 Å². The third-order valence-corrected chi connectivity index (χ3v) is 7.54. The molecule has 0 radical (unpaired) electrons. The summed E-state index contributed by atoms with van der Waals surface area (Å²) in [6.45, 7) is 0. The Morgan fingerprint density at radius 2 is 0.886 bits per heavy atom. The van der Waals surface area contributed by atoms with E-state index in [0.717, 1.165) is 28.3 Å². The first kappa shape index (κ1) is 26.9. The van der Waals surface area contributed by atoms with Gasteiger partial charge < -0.3 is 0 Å². The number of rotatable bonds is 4. The Bertz CT molecular complexity index is 2090. The smallest absolute Gasteiger partial charge is 0.0886 e. The van der Waals surface area contributed by atoms with Gasteiger partial charge in [-0.1, -0.05) is 91.0 Å². The van der Waals surface area contributed by atoms with Gasteiger partial charge in [-0.3, -0.25) is 19.9 Å². The first-order valence-electron chi connectivity index (χ1n) is 14.5. The summed E-state index contributed by atoms with van der Waals surface area (Å²) in [5, 5.41) is 4.95. The van der Waals surface area contributed by atoms with Crippen molar-refractivity contribution in [1.29, 1.82) is 0 Å². The van der Waals surface area contributed by atoms with Crippen LogP contribution >= 0.6 is 0 Å². The summed E-state index contributed by atoms with van der Waals surface area (Å²) < 4.78 is 0. The van der Waals surface area contributed by atoms with Crippen LogP contribution in [-0.4, -0.2) is 19.9 Å². The van der Waals surface area contributed by atoms with E-state index in [9.17, 15) is 0 Å². The third kappa shape index (κ3) is 5.69. The van der Waals surface area contributed by atoms with Crippen molar-refractivity contribution in [3.8, 4) is 45.0 Å². The molecule has 4 aromatic carbocycles. The average molecular weight is 565 g/mol. The molecule has 0 saturated heterocycles. The Balaban J connectivity index is 0.000000218. The van der Waals surface area contributed by atoms with Crippen molar-refractivity contribution in [2.45, 2.75) is 0 Å². The lowest BCUT2D eigenvalue weighted by atomic mass is 9.89. The van der Waals surface area contributed by atoms with Crippen LogP contribution < -0.4 is 0 Å². The molecule has 0 aliphatic rings. The van der Waals surface area contributed by atoms with Crippen LogP contribution in [0.4, 0.5) is 0 Å². The summed E-state index contributed by atoms with van der Waals surface area (Å²) in [5.74, 6) is 0. The minimum Gasteiger partial charge on any atom is -0.255 e. The van der Waals surface area contributed by atoms with Gasteiger partial charge in [0.1, 0.15) is 0 Å². The van der Waals surface area contributed by atoms with Crippen molar-refractivity contribution in [3.63, 3.8) is 0 Å². The Hall–Kier alpha value is -6.00. The van der Waals surface area contributed by atoms with Gasteiger partial charge >= 0.3 is 0 Å². The van der Waals surface area contributed by atoms with E-state index in [0.29, 0.717) is 0 Å². The molecule has 4 heteroatoms. The second kappa shape index (κ2) is 12.5. The van der Waals surface area contributed by atoms with Crippen LogP contribution in [0.25, 0.3) is 66.6 Å². The summed E-state index contributed by atoms with van der Waals surface area (Å²) in [5.41, 5.74) is 8.31. The molecule has 208 valence electrons. The van der Waals surface area contributed by atoms with Crippen molar-refractivity contribution >= 4 is 21.5 Å². The zero-order valence-electron chi connectivity index (χ0n) is 24.0. The fourth-order valence-corrected chi connectivity index (χ4v) is 5.42. The van der Waals surface area contributed by atoms with E-state index in [1.54, 1.807) is 18.6 Å².